The summed E-state index contributed by atoms with van der Waals surface area (Å²) < 4.78 is 5.54. The number of hydrogen-bond acceptors (Lipinski definition) is 1. The molecule has 0 fully saturated rings. The number of hydrogen-bond donors (Lipinski definition) is 0. The summed E-state index contributed by atoms with van der Waals surface area (Å²) in [5, 5.41) is 0. The largest absolute Gasteiger partial charge is 0.378 e. The van der Waals surface area contributed by atoms with Crippen LogP contribution in [0.2, 0.25) is 0 Å². The third-order valence-corrected chi connectivity index (χ3v) is 1.44. The molecular formula is C9H19O. The fraction of sp³-hybridized carbons (Fsp3) is 0.889. The van der Waals surface area contributed by atoms with Gasteiger partial charge in [-0.2, -0.15) is 0 Å². The molecule has 0 spiro atoms. The highest BCUT2D eigenvalue weighted by atomic mass is 16.5. The Balaban J connectivity index is 3.26. The Morgan fingerprint density at radius 2 is 2.00 bits per heavy atom. The Labute approximate surface area is 64.8 Å². The van der Waals surface area contributed by atoms with Gasteiger partial charge in [-0.05, 0) is 18.8 Å². The molecule has 0 aliphatic carbocycles. The minimum Gasteiger partial charge on any atom is -0.378 e. The van der Waals surface area contributed by atoms with Crippen molar-refractivity contribution < 1.29 is 4.74 Å². The first kappa shape index (κ1) is 9.96. The first-order valence-electron chi connectivity index (χ1n) is 4.11. The Hall–Kier alpha value is -0.0400. The van der Waals surface area contributed by atoms with E-state index < -0.39 is 0 Å². The van der Waals surface area contributed by atoms with Gasteiger partial charge in [0.2, 0.25) is 0 Å². The zero-order valence-corrected chi connectivity index (χ0v) is 7.39. The molecule has 0 aromatic rings. The summed E-state index contributed by atoms with van der Waals surface area (Å²) in [5.41, 5.74) is 0. The fourth-order valence-corrected chi connectivity index (χ4v) is 0.734. The quantitative estimate of drug-likeness (QED) is 0.575. The van der Waals surface area contributed by atoms with E-state index in [-0.39, 0.29) is 0 Å². The highest BCUT2D eigenvalue weighted by Crippen LogP contribution is 2.04. The molecule has 0 saturated carbocycles. The van der Waals surface area contributed by atoms with Crippen molar-refractivity contribution in [2.45, 2.75) is 39.7 Å². The number of ether oxygens (including phenoxy) is 1. The molecule has 0 N–H and O–H groups in total. The van der Waals surface area contributed by atoms with Crippen molar-refractivity contribution in [1.82, 2.24) is 0 Å². The molecule has 0 bridgehead atoms. The average molecular weight is 143 g/mol. The molecule has 0 rings (SSSR count). The van der Waals surface area contributed by atoms with Gasteiger partial charge in [-0.25, -0.2) is 0 Å². The fourth-order valence-electron chi connectivity index (χ4n) is 0.734. The molecule has 0 aliphatic heterocycles. The van der Waals surface area contributed by atoms with Crippen LogP contribution in [0, 0.1) is 12.8 Å². The molecule has 1 radical (unpaired) electrons. The van der Waals surface area contributed by atoms with Crippen LogP contribution in [0.15, 0.2) is 0 Å². The lowest BCUT2D eigenvalue weighted by molar-refractivity contribution is 0.0352. The second-order valence-electron chi connectivity index (χ2n) is 3.05. The average Bonchev–Trinajstić information content (AvgIpc) is 1.90. The Bertz CT molecular complexity index is 65.1. The van der Waals surface area contributed by atoms with Crippen molar-refractivity contribution in [2.75, 3.05) is 6.61 Å². The number of rotatable bonds is 5. The van der Waals surface area contributed by atoms with Gasteiger partial charge in [0.15, 0.2) is 0 Å². The molecule has 1 unspecified atom stereocenters. The van der Waals surface area contributed by atoms with Crippen LogP contribution >= 0.6 is 0 Å². The maximum Gasteiger partial charge on any atom is 0.0572 e. The molecular weight excluding hydrogens is 124 g/mol. The molecule has 1 nitrogen and oxygen atoms in total. The molecule has 0 aromatic carbocycles. The second kappa shape index (κ2) is 5.72. The molecule has 1 heteroatoms. The first-order valence-corrected chi connectivity index (χ1v) is 4.11. The lowest BCUT2D eigenvalue weighted by Crippen LogP contribution is -2.13. The molecule has 0 amide bonds. The smallest absolute Gasteiger partial charge is 0.0572 e. The van der Waals surface area contributed by atoms with Crippen LogP contribution in [0.4, 0.5) is 0 Å². The topological polar surface area (TPSA) is 9.23 Å². The third-order valence-electron chi connectivity index (χ3n) is 1.44. The molecule has 0 aromatic heterocycles. The lowest BCUT2D eigenvalue weighted by atomic mass is 10.2. The minimum atomic E-state index is 0.377. The molecule has 0 saturated heterocycles. The van der Waals surface area contributed by atoms with Gasteiger partial charge >= 0.3 is 0 Å². The van der Waals surface area contributed by atoms with Gasteiger partial charge in [0.25, 0.3) is 0 Å². The SMILES string of the molecule is [CH2]CC(CC)OCC(C)C. The summed E-state index contributed by atoms with van der Waals surface area (Å²) in [6.45, 7) is 11.1. The van der Waals surface area contributed by atoms with Crippen molar-refractivity contribution in [3.8, 4) is 0 Å². The molecule has 0 aliphatic rings. The standard InChI is InChI=1S/C9H19O/c1-5-9(6-2)10-7-8(3)4/h8-9H,1,5-7H2,2-4H3. The normalized spacial score (nSPS) is 11.4. The maximum absolute atomic E-state index is 5.54. The molecule has 61 valence electrons. The van der Waals surface area contributed by atoms with Gasteiger partial charge in [0.1, 0.15) is 0 Å². The van der Waals surface area contributed by atoms with E-state index in [4.69, 9.17) is 4.74 Å². The van der Waals surface area contributed by atoms with Crippen LogP contribution in [0.25, 0.3) is 0 Å². The Kier molecular flexibility index (Phi) is 5.70. The monoisotopic (exact) mass is 143 g/mol. The zero-order valence-electron chi connectivity index (χ0n) is 7.39. The summed E-state index contributed by atoms with van der Waals surface area (Å²) in [5.74, 6) is 0.639. The van der Waals surface area contributed by atoms with Crippen molar-refractivity contribution in [1.29, 1.82) is 0 Å². The lowest BCUT2D eigenvalue weighted by Gasteiger charge is -2.14. The van der Waals surface area contributed by atoms with Crippen LogP contribution in [0.5, 0.6) is 0 Å². The van der Waals surface area contributed by atoms with E-state index in [1.807, 2.05) is 0 Å². The van der Waals surface area contributed by atoms with E-state index in [0.29, 0.717) is 12.0 Å². The van der Waals surface area contributed by atoms with E-state index in [9.17, 15) is 0 Å². The first-order chi connectivity index (χ1) is 4.70. The van der Waals surface area contributed by atoms with E-state index >= 15 is 0 Å². The van der Waals surface area contributed by atoms with Gasteiger partial charge in [0.05, 0.1) is 6.10 Å². The van der Waals surface area contributed by atoms with Crippen molar-refractivity contribution in [3.63, 3.8) is 0 Å². The van der Waals surface area contributed by atoms with E-state index in [1.54, 1.807) is 0 Å². The Morgan fingerprint density at radius 1 is 1.40 bits per heavy atom. The van der Waals surface area contributed by atoms with Gasteiger partial charge in [-0.3, -0.25) is 0 Å². The van der Waals surface area contributed by atoms with Gasteiger partial charge < -0.3 is 4.74 Å². The second-order valence-corrected chi connectivity index (χ2v) is 3.05. The van der Waals surface area contributed by atoms with Crippen LogP contribution in [-0.2, 0) is 4.74 Å². The van der Waals surface area contributed by atoms with Crippen LogP contribution in [0.3, 0.4) is 0 Å². The third kappa shape index (κ3) is 4.80. The van der Waals surface area contributed by atoms with Crippen LogP contribution < -0.4 is 0 Å². The van der Waals surface area contributed by atoms with Gasteiger partial charge in [0, 0.05) is 6.61 Å². The van der Waals surface area contributed by atoms with Crippen LogP contribution in [0.1, 0.15) is 33.6 Å². The zero-order chi connectivity index (χ0) is 7.98. The van der Waals surface area contributed by atoms with Crippen molar-refractivity contribution >= 4 is 0 Å². The minimum absolute atomic E-state index is 0.377. The van der Waals surface area contributed by atoms with Crippen molar-refractivity contribution in [2.24, 2.45) is 5.92 Å². The predicted molar refractivity (Wildman–Crippen MR) is 44.8 cm³/mol. The van der Waals surface area contributed by atoms with E-state index in [0.717, 1.165) is 19.4 Å². The highest BCUT2D eigenvalue weighted by molar-refractivity contribution is 4.56. The summed E-state index contributed by atoms with van der Waals surface area (Å²) >= 11 is 0. The van der Waals surface area contributed by atoms with Gasteiger partial charge in [-0.1, -0.05) is 27.7 Å². The summed E-state index contributed by atoms with van der Waals surface area (Å²) in [6.07, 6.45) is 2.35. The highest BCUT2D eigenvalue weighted by Gasteiger charge is 2.03. The van der Waals surface area contributed by atoms with E-state index in [1.165, 1.54) is 0 Å². The van der Waals surface area contributed by atoms with Gasteiger partial charge in [-0.15, -0.1) is 0 Å². The molecule has 0 heterocycles. The molecule has 10 heavy (non-hydrogen) atoms. The summed E-state index contributed by atoms with van der Waals surface area (Å²) in [7, 11) is 0. The van der Waals surface area contributed by atoms with Crippen LogP contribution in [-0.4, -0.2) is 12.7 Å². The van der Waals surface area contributed by atoms with E-state index in [2.05, 4.69) is 27.7 Å². The summed E-state index contributed by atoms with van der Waals surface area (Å²) in [4.78, 5) is 0. The molecule has 1 atom stereocenters. The van der Waals surface area contributed by atoms with Crippen molar-refractivity contribution in [3.05, 3.63) is 6.92 Å². The summed E-state index contributed by atoms with van der Waals surface area (Å²) in [6, 6.07) is 0. The predicted octanol–water partition coefficient (Wildman–Crippen LogP) is 2.66. The Morgan fingerprint density at radius 3 is 2.30 bits per heavy atom. The maximum atomic E-state index is 5.54.